The highest BCUT2D eigenvalue weighted by molar-refractivity contribution is 6.32. The van der Waals surface area contributed by atoms with Crippen molar-refractivity contribution in [2.45, 2.75) is 6.23 Å². The second kappa shape index (κ2) is 1.98. The van der Waals surface area contributed by atoms with Crippen molar-refractivity contribution < 1.29 is 15.1 Å². The molecule has 0 saturated heterocycles. The molecule has 0 fully saturated rings. The van der Waals surface area contributed by atoms with Crippen molar-refractivity contribution in [1.29, 1.82) is 0 Å². The highest BCUT2D eigenvalue weighted by atomic mass is 35.5. The van der Waals surface area contributed by atoms with Crippen LogP contribution in [0.15, 0.2) is 11.1 Å². The summed E-state index contributed by atoms with van der Waals surface area (Å²) in [5.41, 5.74) is 0. The standard InChI is InChI=1S/C4H4ClNO3/c5-2-1-3(7)6(9)4(2)8/h1,4,8-9H. The Morgan fingerprint density at radius 3 is 2.44 bits per heavy atom. The van der Waals surface area contributed by atoms with E-state index in [9.17, 15) is 4.79 Å². The number of rotatable bonds is 0. The van der Waals surface area contributed by atoms with Crippen LogP contribution in [0.4, 0.5) is 0 Å². The summed E-state index contributed by atoms with van der Waals surface area (Å²) in [7, 11) is 0. The Morgan fingerprint density at radius 2 is 2.33 bits per heavy atom. The molecule has 0 aromatic carbocycles. The van der Waals surface area contributed by atoms with Gasteiger partial charge in [0.2, 0.25) is 0 Å². The van der Waals surface area contributed by atoms with Crippen LogP contribution in [-0.2, 0) is 4.79 Å². The van der Waals surface area contributed by atoms with E-state index in [1.165, 1.54) is 0 Å². The third-order valence-corrected chi connectivity index (χ3v) is 1.27. The normalized spacial score (nSPS) is 27.0. The van der Waals surface area contributed by atoms with Gasteiger partial charge in [-0.25, -0.2) is 0 Å². The molecule has 0 bridgehead atoms. The Morgan fingerprint density at radius 1 is 1.78 bits per heavy atom. The summed E-state index contributed by atoms with van der Waals surface area (Å²) in [6, 6.07) is 0. The van der Waals surface area contributed by atoms with E-state index in [0.29, 0.717) is 0 Å². The number of hydrogen-bond donors (Lipinski definition) is 2. The Bertz CT molecular complexity index is 179. The van der Waals surface area contributed by atoms with E-state index in [1.54, 1.807) is 0 Å². The maximum Gasteiger partial charge on any atom is 0.274 e. The summed E-state index contributed by atoms with van der Waals surface area (Å²) in [5, 5.41) is 17.3. The molecule has 0 spiro atoms. The van der Waals surface area contributed by atoms with Gasteiger partial charge in [-0.15, -0.1) is 0 Å². The van der Waals surface area contributed by atoms with Gasteiger partial charge in [-0.2, -0.15) is 5.06 Å². The van der Waals surface area contributed by atoms with Crippen LogP contribution in [-0.4, -0.2) is 27.5 Å². The van der Waals surface area contributed by atoms with Crippen molar-refractivity contribution in [2.24, 2.45) is 0 Å². The van der Waals surface area contributed by atoms with Gasteiger partial charge in [0.05, 0.1) is 5.03 Å². The van der Waals surface area contributed by atoms with Crippen LogP contribution < -0.4 is 0 Å². The lowest BCUT2D eigenvalue weighted by atomic mass is 10.5. The molecule has 0 saturated carbocycles. The number of aliphatic hydroxyl groups is 1. The maximum atomic E-state index is 10.4. The van der Waals surface area contributed by atoms with Crippen molar-refractivity contribution in [3.05, 3.63) is 11.1 Å². The zero-order chi connectivity index (χ0) is 7.02. The zero-order valence-corrected chi connectivity index (χ0v) is 5.04. The quantitative estimate of drug-likeness (QED) is 0.463. The van der Waals surface area contributed by atoms with E-state index < -0.39 is 12.1 Å². The van der Waals surface area contributed by atoms with E-state index in [4.69, 9.17) is 21.9 Å². The minimum atomic E-state index is -1.38. The summed E-state index contributed by atoms with van der Waals surface area (Å²) in [6.45, 7) is 0. The van der Waals surface area contributed by atoms with Crippen molar-refractivity contribution >= 4 is 17.5 Å². The van der Waals surface area contributed by atoms with Crippen LogP contribution in [0.5, 0.6) is 0 Å². The average molecular weight is 150 g/mol. The molecule has 1 aliphatic rings. The molecule has 0 aliphatic carbocycles. The fourth-order valence-electron chi connectivity index (χ4n) is 0.496. The fourth-order valence-corrected chi connectivity index (χ4v) is 0.682. The lowest BCUT2D eigenvalue weighted by molar-refractivity contribution is -0.185. The van der Waals surface area contributed by atoms with Crippen molar-refractivity contribution in [3.63, 3.8) is 0 Å². The van der Waals surface area contributed by atoms with E-state index in [2.05, 4.69) is 0 Å². The largest absolute Gasteiger partial charge is 0.367 e. The van der Waals surface area contributed by atoms with Gasteiger partial charge in [0.15, 0.2) is 6.23 Å². The second-order valence-electron chi connectivity index (χ2n) is 1.59. The Balaban J connectivity index is 2.82. The van der Waals surface area contributed by atoms with Crippen LogP contribution in [0.1, 0.15) is 0 Å². The molecule has 2 N–H and O–H groups in total. The smallest absolute Gasteiger partial charge is 0.274 e. The molecule has 0 aromatic heterocycles. The first kappa shape index (κ1) is 6.54. The van der Waals surface area contributed by atoms with Crippen LogP contribution in [0, 0.1) is 0 Å². The van der Waals surface area contributed by atoms with Gasteiger partial charge in [-0.05, 0) is 0 Å². The predicted molar refractivity (Wildman–Crippen MR) is 28.6 cm³/mol. The van der Waals surface area contributed by atoms with Gasteiger partial charge in [0.1, 0.15) is 0 Å². The van der Waals surface area contributed by atoms with Crippen molar-refractivity contribution in [3.8, 4) is 0 Å². The molecule has 1 unspecified atom stereocenters. The Labute approximate surface area is 55.9 Å². The van der Waals surface area contributed by atoms with Gasteiger partial charge in [0, 0.05) is 6.08 Å². The fraction of sp³-hybridized carbons (Fsp3) is 0.250. The molecule has 50 valence electrons. The van der Waals surface area contributed by atoms with Crippen molar-refractivity contribution in [1.82, 2.24) is 5.06 Å². The van der Waals surface area contributed by atoms with Gasteiger partial charge < -0.3 is 5.11 Å². The molecule has 1 atom stereocenters. The highest BCUT2D eigenvalue weighted by Crippen LogP contribution is 2.17. The Hall–Kier alpha value is -0.580. The van der Waals surface area contributed by atoms with Crippen LogP contribution >= 0.6 is 11.6 Å². The molecule has 4 nitrogen and oxygen atoms in total. The molecule has 9 heavy (non-hydrogen) atoms. The number of carbonyl (C=O) groups excluding carboxylic acids is 1. The zero-order valence-electron chi connectivity index (χ0n) is 4.28. The number of nitrogens with zero attached hydrogens (tertiary/aromatic N) is 1. The van der Waals surface area contributed by atoms with E-state index >= 15 is 0 Å². The van der Waals surface area contributed by atoms with Crippen LogP contribution in [0.3, 0.4) is 0 Å². The highest BCUT2D eigenvalue weighted by Gasteiger charge is 2.28. The summed E-state index contributed by atoms with van der Waals surface area (Å²) in [5.74, 6) is -0.701. The third kappa shape index (κ3) is 0.917. The minimum Gasteiger partial charge on any atom is -0.367 e. The molecule has 5 heteroatoms. The lowest BCUT2D eigenvalue weighted by Crippen LogP contribution is -2.30. The number of carbonyl (C=O) groups is 1. The monoisotopic (exact) mass is 149 g/mol. The summed E-state index contributed by atoms with van der Waals surface area (Å²) < 4.78 is 0. The summed E-state index contributed by atoms with van der Waals surface area (Å²) in [4.78, 5) is 10.4. The average Bonchev–Trinajstić information content (AvgIpc) is 1.98. The predicted octanol–water partition coefficient (Wildman–Crippen LogP) is -0.341. The second-order valence-corrected chi connectivity index (χ2v) is 2.02. The topological polar surface area (TPSA) is 60.8 Å². The Kier molecular flexibility index (Phi) is 1.44. The first-order chi connectivity index (χ1) is 4.13. The van der Waals surface area contributed by atoms with Gasteiger partial charge in [-0.3, -0.25) is 10.0 Å². The first-order valence-electron chi connectivity index (χ1n) is 2.20. The lowest BCUT2D eigenvalue weighted by Gasteiger charge is -2.10. The number of hydrogen-bond acceptors (Lipinski definition) is 3. The molecule has 1 rings (SSSR count). The van der Waals surface area contributed by atoms with Gasteiger partial charge in [-0.1, -0.05) is 11.6 Å². The number of halogens is 1. The van der Waals surface area contributed by atoms with Crippen LogP contribution in [0.2, 0.25) is 0 Å². The molecule has 1 heterocycles. The summed E-state index contributed by atoms with van der Waals surface area (Å²) >= 11 is 5.24. The number of aliphatic hydroxyl groups excluding tert-OH is 1. The molecule has 1 amide bonds. The maximum absolute atomic E-state index is 10.4. The third-order valence-electron chi connectivity index (χ3n) is 0.965. The van der Waals surface area contributed by atoms with E-state index in [0.717, 1.165) is 6.08 Å². The first-order valence-corrected chi connectivity index (χ1v) is 2.58. The van der Waals surface area contributed by atoms with Gasteiger partial charge in [0.25, 0.3) is 5.91 Å². The minimum absolute atomic E-state index is 0.0671. The molecular formula is C4H4ClNO3. The molecule has 0 radical (unpaired) electrons. The molecule has 0 aromatic rings. The van der Waals surface area contributed by atoms with Gasteiger partial charge >= 0.3 is 0 Å². The number of amides is 1. The number of hydroxylamine groups is 2. The van der Waals surface area contributed by atoms with E-state index in [-0.39, 0.29) is 10.1 Å². The van der Waals surface area contributed by atoms with Crippen molar-refractivity contribution in [2.75, 3.05) is 0 Å². The summed E-state index contributed by atoms with van der Waals surface area (Å²) in [6.07, 6.45) is -0.425. The molecular weight excluding hydrogens is 146 g/mol. The molecule has 1 aliphatic heterocycles. The van der Waals surface area contributed by atoms with E-state index in [1.807, 2.05) is 0 Å². The SMILES string of the molecule is O=C1C=C(Cl)C(O)N1O. The van der Waals surface area contributed by atoms with Crippen LogP contribution in [0.25, 0.3) is 0 Å².